The van der Waals surface area contributed by atoms with E-state index < -0.39 is 0 Å². The number of piperidine rings is 1. The van der Waals surface area contributed by atoms with Gasteiger partial charge >= 0.3 is 0 Å². The first-order valence-corrected chi connectivity index (χ1v) is 7.99. The Labute approximate surface area is 118 Å². The average Bonchev–Trinajstić information content (AvgIpc) is 2.70. The van der Waals surface area contributed by atoms with Crippen LogP contribution in [-0.2, 0) is 0 Å². The third kappa shape index (κ3) is 5.01. The van der Waals surface area contributed by atoms with Crippen LogP contribution >= 0.6 is 0 Å². The van der Waals surface area contributed by atoms with Crippen molar-refractivity contribution >= 4 is 5.96 Å². The van der Waals surface area contributed by atoms with E-state index in [1.165, 1.54) is 58.0 Å². The maximum Gasteiger partial charge on any atom is 0.191 e. The van der Waals surface area contributed by atoms with Crippen LogP contribution in [0.3, 0.4) is 0 Å². The van der Waals surface area contributed by atoms with E-state index in [0.717, 1.165) is 31.5 Å². The lowest BCUT2D eigenvalue weighted by atomic mass is 9.94. The van der Waals surface area contributed by atoms with Gasteiger partial charge in [0, 0.05) is 19.6 Å². The largest absolute Gasteiger partial charge is 0.370 e. The van der Waals surface area contributed by atoms with Crippen LogP contribution in [0.4, 0.5) is 0 Å². The second-order valence-corrected chi connectivity index (χ2v) is 6.18. The van der Waals surface area contributed by atoms with E-state index >= 15 is 0 Å². The molecule has 2 rings (SSSR count). The first-order valence-electron chi connectivity index (χ1n) is 7.99. The maximum absolute atomic E-state index is 6.12. The van der Waals surface area contributed by atoms with Gasteiger partial charge < -0.3 is 15.5 Å². The van der Waals surface area contributed by atoms with E-state index in [1.807, 2.05) is 0 Å². The molecule has 19 heavy (non-hydrogen) atoms. The van der Waals surface area contributed by atoms with E-state index in [1.54, 1.807) is 0 Å². The number of guanidine groups is 1. The zero-order valence-corrected chi connectivity index (χ0v) is 12.5. The summed E-state index contributed by atoms with van der Waals surface area (Å²) in [5.41, 5.74) is 6.12. The van der Waals surface area contributed by atoms with Gasteiger partial charge in [0.25, 0.3) is 0 Å². The van der Waals surface area contributed by atoms with Crippen molar-refractivity contribution in [3.63, 3.8) is 0 Å². The van der Waals surface area contributed by atoms with E-state index in [0.29, 0.717) is 0 Å². The zero-order valence-electron chi connectivity index (χ0n) is 12.5. The summed E-state index contributed by atoms with van der Waals surface area (Å²) in [6.45, 7) is 5.61. The Morgan fingerprint density at radius 1 is 1.05 bits per heavy atom. The molecule has 0 unspecified atom stereocenters. The molecule has 0 spiro atoms. The van der Waals surface area contributed by atoms with Crippen molar-refractivity contribution < 1.29 is 0 Å². The number of nitrogens with two attached hydrogens (primary N) is 1. The lowest BCUT2D eigenvalue weighted by molar-refractivity contribution is 0.214. The van der Waals surface area contributed by atoms with E-state index in [2.05, 4.69) is 21.8 Å². The van der Waals surface area contributed by atoms with Crippen LogP contribution < -0.4 is 5.73 Å². The van der Waals surface area contributed by atoms with Crippen LogP contribution in [0.15, 0.2) is 4.99 Å². The molecular weight excluding hydrogens is 236 g/mol. The van der Waals surface area contributed by atoms with Gasteiger partial charge in [0.15, 0.2) is 5.96 Å². The molecule has 0 atom stereocenters. The lowest BCUT2D eigenvalue weighted by Crippen LogP contribution is -2.38. The minimum Gasteiger partial charge on any atom is -0.370 e. The molecule has 0 aromatic heterocycles. The summed E-state index contributed by atoms with van der Waals surface area (Å²) in [5.74, 6) is 1.65. The molecule has 0 saturated carbocycles. The minimum absolute atomic E-state index is 0.787. The summed E-state index contributed by atoms with van der Waals surface area (Å²) >= 11 is 0. The molecule has 0 amide bonds. The van der Waals surface area contributed by atoms with Crippen molar-refractivity contribution in [1.29, 1.82) is 0 Å². The summed E-state index contributed by atoms with van der Waals surface area (Å²) in [5, 5.41) is 0. The summed E-state index contributed by atoms with van der Waals surface area (Å²) in [6.07, 6.45) is 9.10. The molecule has 0 aromatic rings. The van der Waals surface area contributed by atoms with E-state index in [4.69, 9.17) is 5.73 Å². The van der Waals surface area contributed by atoms with Crippen molar-refractivity contribution in [1.82, 2.24) is 9.80 Å². The fraction of sp³-hybridized carbons (Fsp3) is 0.933. The molecule has 0 bridgehead atoms. The standard InChI is InChI=1S/C15H30N4/c1-18-12-7-14(8-13-18)6-9-17-15(16)19-10-4-2-3-5-11-19/h14H,2-13H2,1H3,(H2,16,17). The second kappa shape index (κ2) is 7.73. The van der Waals surface area contributed by atoms with Gasteiger partial charge in [-0.3, -0.25) is 4.99 Å². The Morgan fingerprint density at radius 2 is 1.68 bits per heavy atom. The second-order valence-electron chi connectivity index (χ2n) is 6.18. The molecule has 2 fully saturated rings. The van der Waals surface area contributed by atoms with Gasteiger partial charge in [0.05, 0.1) is 0 Å². The van der Waals surface area contributed by atoms with Gasteiger partial charge in [-0.25, -0.2) is 0 Å². The molecule has 0 radical (unpaired) electrons. The maximum atomic E-state index is 6.12. The van der Waals surface area contributed by atoms with Crippen LogP contribution in [0.25, 0.3) is 0 Å². The predicted octanol–water partition coefficient (Wildman–Crippen LogP) is 1.91. The van der Waals surface area contributed by atoms with Crippen molar-refractivity contribution in [2.24, 2.45) is 16.6 Å². The Balaban J connectivity index is 1.68. The number of rotatable bonds is 3. The van der Waals surface area contributed by atoms with Gasteiger partial charge in [0.2, 0.25) is 0 Å². The molecule has 0 aromatic carbocycles. The number of hydrogen-bond donors (Lipinski definition) is 1. The van der Waals surface area contributed by atoms with Gasteiger partial charge in [-0.2, -0.15) is 0 Å². The predicted molar refractivity (Wildman–Crippen MR) is 81.4 cm³/mol. The van der Waals surface area contributed by atoms with Gasteiger partial charge in [0.1, 0.15) is 0 Å². The average molecular weight is 266 g/mol. The summed E-state index contributed by atoms with van der Waals surface area (Å²) in [6, 6.07) is 0. The highest BCUT2D eigenvalue weighted by Gasteiger charge is 2.16. The third-order valence-electron chi connectivity index (χ3n) is 4.58. The van der Waals surface area contributed by atoms with E-state index in [9.17, 15) is 0 Å². The Bertz CT molecular complexity index is 274. The normalized spacial score (nSPS) is 24.5. The quantitative estimate of drug-likeness (QED) is 0.627. The molecular formula is C15H30N4. The molecule has 2 aliphatic rings. The Morgan fingerprint density at radius 3 is 2.32 bits per heavy atom. The molecule has 4 heteroatoms. The van der Waals surface area contributed by atoms with Crippen molar-refractivity contribution in [2.75, 3.05) is 39.8 Å². The topological polar surface area (TPSA) is 44.9 Å². The first kappa shape index (κ1) is 14.6. The van der Waals surface area contributed by atoms with Crippen molar-refractivity contribution in [3.8, 4) is 0 Å². The zero-order chi connectivity index (χ0) is 13.5. The van der Waals surface area contributed by atoms with E-state index in [-0.39, 0.29) is 0 Å². The SMILES string of the molecule is CN1CCC(CCN=C(N)N2CCCCCC2)CC1. The first-order chi connectivity index (χ1) is 9.25. The van der Waals surface area contributed by atoms with Gasteiger partial charge in [-0.1, -0.05) is 12.8 Å². The molecule has 2 saturated heterocycles. The third-order valence-corrected chi connectivity index (χ3v) is 4.58. The van der Waals surface area contributed by atoms with Crippen LogP contribution in [0, 0.1) is 5.92 Å². The fourth-order valence-corrected chi connectivity index (χ4v) is 3.11. The number of aliphatic imine (C=N–C) groups is 1. The summed E-state index contributed by atoms with van der Waals surface area (Å²) in [4.78, 5) is 9.31. The highest BCUT2D eigenvalue weighted by molar-refractivity contribution is 5.78. The Kier molecular flexibility index (Phi) is 5.95. The molecule has 4 nitrogen and oxygen atoms in total. The minimum atomic E-state index is 0.787. The van der Waals surface area contributed by atoms with Crippen LogP contribution in [0.2, 0.25) is 0 Å². The number of nitrogens with zero attached hydrogens (tertiary/aromatic N) is 3. The van der Waals surface area contributed by atoms with Crippen molar-refractivity contribution in [3.05, 3.63) is 0 Å². The highest BCUT2D eigenvalue weighted by atomic mass is 15.2. The smallest absolute Gasteiger partial charge is 0.191 e. The lowest BCUT2D eigenvalue weighted by Gasteiger charge is -2.28. The number of likely N-dealkylation sites (tertiary alicyclic amines) is 2. The Hall–Kier alpha value is -0.770. The van der Waals surface area contributed by atoms with Gasteiger partial charge in [-0.05, 0) is 58.2 Å². The van der Waals surface area contributed by atoms with Crippen LogP contribution in [0.5, 0.6) is 0 Å². The molecule has 2 N–H and O–H groups in total. The summed E-state index contributed by atoms with van der Waals surface area (Å²) < 4.78 is 0. The molecule has 0 aliphatic carbocycles. The fourth-order valence-electron chi connectivity index (χ4n) is 3.11. The van der Waals surface area contributed by atoms with Crippen molar-refractivity contribution in [2.45, 2.75) is 44.9 Å². The molecule has 110 valence electrons. The van der Waals surface area contributed by atoms with Crippen LogP contribution in [0.1, 0.15) is 44.9 Å². The monoisotopic (exact) mass is 266 g/mol. The van der Waals surface area contributed by atoms with Gasteiger partial charge in [-0.15, -0.1) is 0 Å². The summed E-state index contributed by atoms with van der Waals surface area (Å²) in [7, 11) is 2.21. The molecule has 2 aliphatic heterocycles. The highest BCUT2D eigenvalue weighted by Crippen LogP contribution is 2.19. The number of hydrogen-bond acceptors (Lipinski definition) is 2. The molecule has 2 heterocycles. The van der Waals surface area contributed by atoms with Crippen LogP contribution in [-0.4, -0.2) is 55.5 Å².